The summed E-state index contributed by atoms with van der Waals surface area (Å²) in [5.74, 6) is -1.23. The van der Waals surface area contributed by atoms with Crippen molar-refractivity contribution in [2.75, 3.05) is 0 Å². The first-order chi connectivity index (χ1) is 28.3. The van der Waals surface area contributed by atoms with Crippen LogP contribution in [0.1, 0.15) is 50.5 Å². The second-order valence-electron chi connectivity index (χ2n) is 9.39. The fraction of sp³-hybridized carbons (Fsp3) is 0.133. The number of hydrogen-bond acceptors (Lipinski definition) is 28. The molecule has 0 bridgehead atoms. The molecule has 381 valence electrons. The first-order valence-corrected chi connectivity index (χ1v) is 19.7. The van der Waals surface area contributed by atoms with Crippen LogP contribution in [0.3, 0.4) is 0 Å². The van der Waals surface area contributed by atoms with Crippen LogP contribution in [0.4, 0.5) is 0 Å². The SMILES string of the molecule is C/C(=N\N=C(/[O-])c1cccc(-c2cccc(/C([O-])=N/N=C(\C)c3ccccn3)n2)n1)c1ccccn1.CC#N.CC#N.[Cu+2].[Cu+2].[Cu+2].[O-][Cl+3]([O-])([O-])[O-].[O-][Cl+3]([O-])([O-])[O-].[O-][Cl+3]([O-])([O-])[O-].[O-][Cl+3]([O-])([O-])[O-].[OH3+].[OH3+]. The summed E-state index contributed by atoms with van der Waals surface area (Å²) in [7, 11) is -19.8. The number of rotatable bonds is 7. The summed E-state index contributed by atoms with van der Waals surface area (Å²) in [5.41, 5.74) is 3.19. The third kappa shape index (κ3) is 57.9. The zero-order valence-electron chi connectivity index (χ0n) is 33.5. The van der Waals surface area contributed by atoms with Gasteiger partial charge in [-0.05, 0) is 62.4 Å². The molecule has 0 aliphatic carbocycles. The molecule has 0 spiro atoms. The summed E-state index contributed by atoms with van der Waals surface area (Å²) in [4.78, 5) is 17.0. The van der Waals surface area contributed by atoms with Gasteiger partial charge in [-0.2, -0.15) is 30.9 Å². The van der Waals surface area contributed by atoms with E-state index in [2.05, 4.69) is 40.3 Å². The number of pyridine rings is 4. The van der Waals surface area contributed by atoms with Gasteiger partial charge in [-0.3, -0.25) is 9.97 Å². The van der Waals surface area contributed by atoms with Gasteiger partial charge in [-0.1, -0.05) is 24.3 Å². The summed E-state index contributed by atoms with van der Waals surface area (Å²) in [6.45, 7) is 6.28. The molecule has 0 aliphatic heterocycles. The van der Waals surface area contributed by atoms with E-state index in [1.54, 1.807) is 86.9 Å². The van der Waals surface area contributed by atoms with Crippen molar-refractivity contribution >= 4 is 23.2 Å². The Balaban J connectivity index is -0.000000155. The van der Waals surface area contributed by atoms with E-state index in [0.29, 0.717) is 34.2 Å². The van der Waals surface area contributed by atoms with Gasteiger partial charge in [0.05, 0.1) is 57.7 Å². The van der Waals surface area contributed by atoms with E-state index in [9.17, 15) is 10.2 Å². The maximum atomic E-state index is 12.5. The van der Waals surface area contributed by atoms with Crippen LogP contribution >= 0.6 is 0 Å². The third-order valence-electron chi connectivity index (χ3n) is 4.85. The predicted molar refractivity (Wildman–Crippen MR) is 166 cm³/mol. The third-order valence-corrected chi connectivity index (χ3v) is 4.85. The summed E-state index contributed by atoms with van der Waals surface area (Å²) >= 11 is 0. The summed E-state index contributed by atoms with van der Waals surface area (Å²) in [6, 6.07) is 24.0. The number of hydrogen-bond donors (Lipinski definition) is 0. The zero-order chi connectivity index (χ0) is 48.7. The summed E-state index contributed by atoms with van der Waals surface area (Å²) < 4.78 is 136. The molecular formula is C30H32Cl4Cu3N10O20+2. The van der Waals surface area contributed by atoms with Crippen LogP contribution < -0.4 is 84.8 Å². The molecule has 0 amide bonds. The van der Waals surface area contributed by atoms with E-state index in [4.69, 9.17) is 85.1 Å². The molecule has 30 nitrogen and oxygen atoms in total. The van der Waals surface area contributed by atoms with Gasteiger partial charge in [-0.15, -0.1) is 41.0 Å². The van der Waals surface area contributed by atoms with Crippen LogP contribution in [0.2, 0.25) is 0 Å². The van der Waals surface area contributed by atoms with Crippen molar-refractivity contribution in [3.63, 3.8) is 0 Å². The molecule has 0 saturated carbocycles. The van der Waals surface area contributed by atoms with Gasteiger partial charge in [0.2, 0.25) is 0 Å². The average molecular weight is 1190 g/mol. The van der Waals surface area contributed by atoms with E-state index >= 15 is 0 Å². The molecule has 4 aromatic rings. The summed E-state index contributed by atoms with van der Waals surface area (Å²) in [5, 5.41) is 55.2. The van der Waals surface area contributed by atoms with E-state index in [0.717, 1.165) is 0 Å². The summed E-state index contributed by atoms with van der Waals surface area (Å²) in [6.07, 6.45) is 3.27. The molecule has 0 atom stereocenters. The Morgan fingerprint density at radius 1 is 0.433 bits per heavy atom. The van der Waals surface area contributed by atoms with Crippen molar-refractivity contribution in [3.05, 3.63) is 108 Å². The van der Waals surface area contributed by atoms with Gasteiger partial charge < -0.3 is 21.2 Å². The van der Waals surface area contributed by atoms with Gasteiger partial charge in [0.25, 0.3) is 0 Å². The Morgan fingerprint density at radius 3 is 0.866 bits per heavy atom. The molecule has 4 heterocycles. The number of aromatic nitrogens is 4. The largest absolute Gasteiger partial charge is 2.00 e. The van der Waals surface area contributed by atoms with Crippen molar-refractivity contribution in [1.82, 2.24) is 19.9 Å². The molecule has 0 saturated heterocycles. The van der Waals surface area contributed by atoms with E-state index in [-0.39, 0.29) is 73.5 Å². The Morgan fingerprint density at radius 2 is 0.657 bits per heavy atom. The molecular weight excluding hydrogens is 1150 g/mol. The van der Waals surface area contributed by atoms with Gasteiger partial charge in [0.15, 0.2) is 0 Å². The molecule has 0 fully saturated rings. The standard InChI is InChI=1S/C26H22N8O2.2C2H3N.4ClHO4.3Cu.2H2O/c1-17(19-9-3-5-15-27-19)31-33-25(35)23-13-7-11-21(29-23)22-12-8-14-24(30-22)26(36)34-32-18(2)20-10-4-6-16-28-20;2*1-2-3;4*2-1(3,4)5;;;;;/h3-16H,1-2H3,(H,33,35)(H,34,36);2*1H3;4*(H,2,3,4,5);;;;2*1H2/q;;;;;;;3*+2;;/p-4/b31-17+,32-18+;;;;;;;;;;;. The zero-order valence-corrected chi connectivity index (χ0v) is 39.3. The fourth-order valence-corrected chi connectivity index (χ4v) is 2.99. The average Bonchev–Trinajstić information content (AvgIpc) is 3.14. The second-order valence-corrected chi connectivity index (χ2v) is 12.4. The molecule has 67 heavy (non-hydrogen) atoms. The van der Waals surface area contributed by atoms with Gasteiger partial charge in [0, 0.05) is 38.0 Å². The minimum absolute atomic E-state index is 0. The van der Waals surface area contributed by atoms with Gasteiger partial charge in [-0.25, -0.2) is 84.5 Å². The number of nitrogens with zero attached hydrogens (tertiary/aromatic N) is 10. The van der Waals surface area contributed by atoms with Crippen LogP contribution in [0.25, 0.3) is 11.4 Å². The molecule has 6 N–H and O–H groups in total. The van der Waals surface area contributed by atoms with Gasteiger partial charge >= 0.3 is 51.2 Å². The van der Waals surface area contributed by atoms with E-state index < -0.39 is 52.8 Å². The quantitative estimate of drug-likeness (QED) is 0.0545. The minimum Gasteiger partial charge on any atom is -0.856 e. The predicted octanol–water partition coefficient (Wildman–Crippen LogP) is -17.8. The smallest absolute Gasteiger partial charge is 0.856 e. The molecule has 0 aromatic carbocycles. The van der Waals surface area contributed by atoms with Crippen molar-refractivity contribution in [2.45, 2.75) is 27.7 Å². The molecule has 4 aromatic heterocycles. The minimum atomic E-state index is -4.94. The van der Waals surface area contributed by atoms with Crippen LogP contribution in [0.5, 0.6) is 0 Å². The maximum absolute atomic E-state index is 12.5. The number of nitriles is 2. The Kier molecular flexibility index (Phi) is 50.1. The van der Waals surface area contributed by atoms with Crippen molar-refractivity contribution in [1.29, 1.82) is 10.5 Å². The molecule has 37 heteroatoms. The molecule has 0 aliphatic rings. The van der Waals surface area contributed by atoms with Crippen molar-refractivity contribution in [2.24, 2.45) is 20.4 Å². The maximum Gasteiger partial charge on any atom is 2.00 e. The van der Waals surface area contributed by atoms with Crippen LogP contribution in [-0.2, 0) is 62.2 Å². The van der Waals surface area contributed by atoms with E-state index in [1.807, 2.05) is 12.1 Å². The first-order valence-electron chi connectivity index (χ1n) is 14.8. The fourth-order valence-electron chi connectivity index (χ4n) is 2.99. The van der Waals surface area contributed by atoms with E-state index in [1.165, 1.54) is 26.0 Å². The molecule has 0 unspecified atom stereocenters. The number of halogens is 4. The van der Waals surface area contributed by atoms with Crippen molar-refractivity contribution < 1.29 is 188 Å². The molecule has 4 rings (SSSR count). The molecule has 3 radical (unpaired) electrons. The van der Waals surface area contributed by atoms with Gasteiger partial charge in [0.1, 0.15) is 0 Å². The second kappa shape index (κ2) is 42.0. The van der Waals surface area contributed by atoms with Crippen molar-refractivity contribution in [3.8, 4) is 23.5 Å². The van der Waals surface area contributed by atoms with Crippen LogP contribution in [-0.4, -0.2) is 43.2 Å². The monoisotopic (exact) mass is 1180 g/mol. The topological polar surface area (TPSA) is 630 Å². The first kappa shape index (κ1) is 79.9. The Bertz CT molecular complexity index is 1910. The van der Waals surface area contributed by atoms with Crippen LogP contribution in [0, 0.1) is 63.6 Å². The Hall–Kier alpha value is -4.14. The van der Waals surface area contributed by atoms with Crippen LogP contribution in [0.15, 0.2) is 106 Å². The Labute approximate surface area is 418 Å². The normalized spacial score (nSPS) is 10.8.